The lowest BCUT2D eigenvalue weighted by molar-refractivity contribution is -0.148. The van der Waals surface area contributed by atoms with Gasteiger partial charge in [-0.2, -0.15) is 0 Å². The number of rotatable bonds is 11. The topological polar surface area (TPSA) is 157 Å². The van der Waals surface area contributed by atoms with Crippen molar-refractivity contribution in [3.05, 3.63) is 114 Å². The van der Waals surface area contributed by atoms with Crippen LogP contribution in [0.4, 0.5) is 11.4 Å². The maximum atomic E-state index is 12.7. The second-order valence-electron chi connectivity index (χ2n) is 11.4. The lowest BCUT2D eigenvalue weighted by Gasteiger charge is -2.21. The number of hydrazine groups is 1. The Bertz CT molecular complexity index is 2020. The Labute approximate surface area is 283 Å². The highest BCUT2D eigenvalue weighted by Gasteiger charge is 2.28. The normalized spacial score (nSPS) is 14.0. The van der Waals surface area contributed by atoms with Crippen LogP contribution in [0.3, 0.4) is 0 Å². The largest absolute Gasteiger partial charge is 0.507 e. The highest BCUT2D eigenvalue weighted by molar-refractivity contribution is 6.04. The molecule has 5 aromatic rings. The number of aromatic amines is 1. The number of amides is 1. The van der Waals surface area contributed by atoms with E-state index in [1.54, 1.807) is 24.3 Å². The van der Waals surface area contributed by atoms with Crippen LogP contribution >= 0.6 is 0 Å². The fourth-order valence-corrected chi connectivity index (χ4v) is 5.65. The highest BCUT2D eigenvalue weighted by atomic mass is 16.7. The zero-order chi connectivity index (χ0) is 34.5. The molecule has 0 bridgehead atoms. The van der Waals surface area contributed by atoms with Crippen molar-refractivity contribution in [3.8, 4) is 39.7 Å². The molecule has 0 spiro atoms. The molecule has 0 aliphatic carbocycles. The van der Waals surface area contributed by atoms with Crippen molar-refractivity contribution < 1.29 is 24.6 Å². The quantitative estimate of drug-likeness (QED) is 0.0546. The van der Waals surface area contributed by atoms with Gasteiger partial charge in [-0.15, -0.1) is 0 Å². The summed E-state index contributed by atoms with van der Waals surface area (Å²) in [4.78, 5) is 39.6. The van der Waals surface area contributed by atoms with Crippen LogP contribution in [0.5, 0.6) is 5.75 Å². The van der Waals surface area contributed by atoms with E-state index >= 15 is 0 Å². The first-order chi connectivity index (χ1) is 23.7. The van der Waals surface area contributed by atoms with Crippen molar-refractivity contribution >= 4 is 35.0 Å². The Kier molecular flexibility index (Phi) is 9.54. The van der Waals surface area contributed by atoms with Crippen molar-refractivity contribution in [1.82, 2.24) is 9.97 Å². The van der Waals surface area contributed by atoms with Crippen molar-refractivity contribution in [2.24, 2.45) is 11.0 Å². The summed E-state index contributed by atoms with van der Waals surface area (Å²) in [7, 11) is 0. The first-order valence-corrected chi connectivity index (χ1v) is 15.9. The van der Waals surface area contributed by atoms with Gasteiger partial charge in [0.05, 0.1) is 28.4 Å². The van der Waals surface area contributed by atoms with Crippen LogP contribution in [0.15, 0.2) is 108 Å². The van der Waals surface area contributed by atoms with Crippen LogP contribution in [-0.4, -0.2) is 57.0 Å². The number of phenols is 1. The van der Waals surface area contributed by atoms with Crippen molar-refractivity contribution in [1.29, 1.82) is 0 Å². The van der Waals surface area contributed by atoms with Crippen LogP contribution in [0.1, 0.15) is 31.4 Å². The van der Waals surface area contributed by atoms with E-state index in [-0.39, 0.29) is 18.1 Å². The number of H-pyrrole nitrogens is 1. The van der Waals surface area contributed by atoms with Gasteiger partial charge in [0.25, 0.3) is 5.91 Å². The molecule has 0 saturated carbocycles. The number of carboxylic acid groups (broad SMARTS) is 1. The zero-order valence-electron chi connectivity index (χ0n) is 27.1. The van der Waals surface area contributed by atoms with Gasteiger partial charge < -0.3 is 24.9 Å². The van der Waals surface area contributed by atoms with E-state index < -0.39 is 12.1 Å². The number of anilines is 2. The van der Waals surface area contributed by atoms with E-state index in [0.717, 1.165) is 51.7 Å². The highest BCUT2D eigenvalue weighted by Crippen LogP contribution is 2.37. The third kappa shape index (κ3) is 7.07. The monoisotopic (exact) mass is 656 g/mol. The molecule has 248 valence electrons. The van der Waals surface area contributed by atoms with Gasteiger partial charge in [-0.05, 0) is 55.3 Å². The molecular weight excluding hydrogens is 620 g/mol. The average Bonchev–Trinajstić information content (AvgIpc) is 3.81. The number of imidazole rings is 1. The number of carbonyl (C=O) groups is 2. The molecule has 4 aromatic carbocycles. The summed E-state index contributed by atoms with van der Waals surface area (Å²) < 4.78 is 0. The number of benzene rings is 4. The van der Waals surface area contributed by atoms with Crippen LogP contribution in [0, 0.1) is 0 Å². The number of phenolic OH excluding ortho intramolecular Hbond substituents is 1. The van der Waals surface area contributed by atoms with Crippen LogP contribution in [0.25, 0.3) is 40.0 Å². The fourth-order valence-electron chi connectivity index (χ4n) is 5.65. The van der Waals surface area contributed by atoms with E-state index in [0.29, 0.717) is 28.5 Å². The van der Waals surface area contributed by atoms with Gasteiger partial charge in [-0.3, -0.25) is 4.79 Å². The summed E-state index contributed by atoms with van der Waals surface area (Å²) in [5.41, 5.74) is 7.19. The number of aliphatic carboxylic acids is 1. The van der Waals surface area contributed by atoms with Gasteiger partial charge in [0.1, 0.15) is 11.6 Å². The van der Waals surface area contributed by atoms with Crippen molar-refractivity contribution in [3.63, 3.8) is 0 Å². The number of aromatic nitrogens is 2. The van der Waals surface area contributed by atoms with E-state index in [1.165, 1.54) is 6.08 Å². The second kappa shape index (κ2) is 14.3. The van der Waals surface area contributed by atoms with Gasteiger partial charge in [0.2, 0.25) is 6.10 Å². The Balaban J connectivity index is 1.32. The summed E-state index contributed by atoms with van der Waals surface area (Å²) >= 11 is 0. The standard InChI is InChI=1S/C38H36N6O5/c1-3-43(4-2)29-19-20-30(32(45)22-29)37-40-35(36(41-37)27-17-15-25(16-18-27)31-23-33(38(47)48)49-42-31)26-13-10-24(11-14-26)12-21-34(46)44(39)28-8-6-5-7-9-28/h5-22,33,45H,3-4,23,39H2,1-2H3,(H,40,41)(H,47,48)/b21-12+. The number of carbonyl (C=O) groups excluding carboxylic acids is 1. The number of aromatic hydroxyl groups is 1. The molecule has 1 amide bonds. The van der Waals surface area contributed by atoms with E-state index in [2.05, 4.69) is 28.9 Å². The first-order valence-electron chi connectivity index (χ1n) is 15.9. The molecule has 1 atom stereocenters. The minimum absolute atomic E-state index is 0.105. The average molecular weight is 657 g/mol. The van der Waals surface area contributed by atoms with Gasteiger partial charge in [-0.25, -0.2) is 20.6 Å². The van der Waals surface area contributed by atoms with Gasteiger partial charge in [0.15, 0.2) is 0 Å². The Morgan fingerprint density at radius 3 is 2.22 bits per heavy atom. The lowest BCUT2D eigenvalue weighted by Crippen LogP contribution is -2.35. The number of nitrogens with two attached hydrogens (primary N) is 1. The summed E-state index contributed by atoms with van der Waals surface area (Å²) in [6.45, 7) is 5.76. The van der Waals surface area contributed by atoms with Crippen molar-refractivity contribution in [2.45, 2.75) is 26.4 Å². The fraction of sp³-hybridized carbons (Fsp3) is 0.158. The van der Waals surface area contributed by atoms with E-state index in [9.17, 15) is 19.8 Å². The Hall–Kier alpha value is -6.20. The van der Waals surface area contributed by atoms with Crippen LogP contribution < -0.4 is 15.8 Å². The number of carboxylic acids is 1. The third-order valence-corrected chi connectivity index (χ3v) is 8.39. The van der Waals surface area contributed by atoms with E-state index in [4.69, 9.17) is 15.7 Å². The number of hydrogen-bond donors (Lipinski definition) is 4. The molecule has 11 heteroatoms. The van der Waals surface area contributed by atoms with Crippen LogP contribution in [-0.2, 0) is 14.4 Å². The lowest BCUT2D eigenvalue weighted by atomic mass is 10.00. The molecule has 0 radical (unpaired) electrons. The maximum Gasteiger partial charge on any atom is 0.348 e. The molecule has 1 aliphatic heterocycles. The Morgan fingerprint density at radius 1 is 0.918 bits per heavy atom. The van der Waals surface area contributed by atoms with Crippen LogP contribution in [0.2, 0.25) is 0 Å². The van der Waals surface area contributed by atoms with Gasteiger partial charge >= 0.3 is 5.97 Å². The summed E-state index contributed by atoms with van der Waals surface area (Å²) in [6, 6.07) is 29.7. The molecule has 1 aliphatic rings. The summed E-state index contributed by atoms with van der Waals surface area (Å²) in [5, 5.41) is 25.4. The molecule has 49 heavy (non-hydrogen) atoms. The smallest absolute Gasteiger partial charge is 0.348 e. The maximum absolute atomic E-state index is 12.7. The molecule has 5 N–H and O–H groups in total. The molecular formula is C38H36N6O5. The number of oxime groups is 1. The predicted molar refractivity (Wildman–Crippen MR) is 191 cm³/mol. The minimum Gasteiger partial charge on any atom is -0.507 e. The van der Waals surface area contributed by atoms with E-state index in [1.807, 2.05) is 78.9 Å². The number of nitrogens with zero attached hydrogens (tertiary/aromatic N) is 4. The summed E-state index contributed by atoms with van der Waals surface area (Å²) in [5.74, 6) is 5.18. The number of nitrogens with one attached hydrogen (secondary N) is 1. The molecule has 6 rings (SSSR count). The van der Waals surface area contributed by atoms with Gasteiger partial charge in [0, 0.05) is 48.5 Å². The zero-order valence-corrected chi connectivity index (χ0v) is 27.1. The molecule has 1 aromatic heterocycles. The second-order valence-corrected chi connectivity index (χ2v) is 11.4. The molecule has 0 fully saturated rings. The first kappa shape index (κ1) is 32.7. The van der Waals surface area contributed by atoms with Crippen molar-refractivity contribution in [2.75, 3.05) is 23.0 Å². The summed E-state index contributed by atoms with van der Waals surface area (Å²) in [6.07, 6.45) is 2.31. The number of para-hydroxylation sites is 1. The molecule has 2 heterocycles. The molecule has 11 nitrogen and oxygen atoms in total. The predicted octanol–water partition coefficient (Wildman–Crippen LogP) is 6.46. The minimum atomic E-state index is -1.06. The molecule has 0 saturated heterocycles. The Morgan fingerprint density at radius 2 is 1.59 bits per heavy atom. The third-order valence-electron chi connectivity index (χ3n) is 8.39. The number of hydrogen-bond acceptors (Lipinski definition) is 8. The molecule has 1 unspecified atom stereocenters. The SMILES string of the molecule is CCN(CC)c1ccc(-c2nc(-c3ccc(C4=NOC(C(=O)O)C4)cc3)c(-c3ccc(/C=C/C(=O)N(N)c4ccccc4)cc3)[nH]2)c(O)c1. The van der Waals surface area contributed by atoms with Gasteiger partial charge in [-0.1, -0.05) is 71.9 Å².